The highest BCUT2D eigenvalue weighted by Crippen LogP contribution is 2.38. The molecule has 1 saturated carbocycles. The fraction of sp³-hybridized carbons (Fsp3) is 0.647. The van der Waals surface area contributed by atoms with Gasteiger partial charge in [0, 0.05) is 6.04 Å². The van der Waals surface area contributed by atoms with Crippen molar-refractivity contribution in [1.29, 1.82) is 0 Å². The average Bonchev–Trinajstić information content (AvgIpc) is 2.28. The van der Waals surface area contributed by atoms with Crippen LogP contribution in [0.2, 0.25) is 0 Å². The van der Waals surface area contributed by atoms with Gasteiger partial charge in [0.25, 0.3) is 0 Å². The van der Waals surface area contributed by atoms with Gasteiger partial charge in [-0.1, -0.05) is 45.0 Å². The maximum Gasteiger partial charge on any atom is 0.00788 e. The van der Waals surface area contributed by atoms with Crippen LogP contribution >= 0.6 is 0 Å². The van der Waals surface area contributed by atoms with Gasteiger partial charge in [-0.05, 0) is 55.2 Å². The fourth-order valence-electron chi connectivity index (χ4n) is 2.67. The van der Waals surface area contributed by atoms with Gasteiger partial charge in [-0.25, -0.2) is 0 Å². The lowest BCUT2D eigenvalue weighted by molar-refractivity contribution is 0.264. The van der Waals surface area contributed by atoms with Crippen LogP contribution in [0.25, 0.3) is 0 Å². The molecule has 0 spiro atoms. The van der Waals surface area contributed by atoms with Crippen LogP contribution < -0.4 is 5.32 Å². The summed E-state index contributed by atoms with van der Waals surface area (Å²) in [6.07, 6.45) is 2.63. The molecule has 1 aromatic rings. The van der Waals surface area contributed by atoms with E-state index < -0.39 is 0 Å². The predicted molar refractivity (Wildman–Crippen MR) is 78.9 cm³/mol. The Bertz CT molecular complexity index is 377. The van der Waals surface area contributed by atoms with Crippen molar-refractivity contribution >= 4 is 0 Å². The summed E-state index contributed by atoms with van der Waals surface area (Å²) in [6.45, 7) is 10.4. The molecule has 1 atom stereocenters. The van der Waals surface area contributed by atoms with Crippen molar-refractivity contribution in [3.8, 4) is 0 Å². The highest BCUT2D eigenvalue weighted by molar-refractivity contribution is 5.31. The summed E-state index contributed by atoms with van der Waals surface area (Å²) < 4.78 is 0. The molecule has 0 amide bonds. The van der Waals surface area contributed by atoms with E-state index in [0.29, 0.717) is 0 Å². The van der Waals surface area contributed by atoms with Crippen molar-refractivity contribution < 1.29 is 0 Å². The molecule has 0 radical (unpaired) electrons. The number of hydrogen-bond acceptors (Lipinski definition) is 1. The lowest BCUT2D eigenvalue weighted by Crippen LogP contribution is -2.42. The summed E-state index contributed by atoms with van der Waals surface area (Å²) in [6, 6.07) is 9.58. The Hall–Kier alpha value is -0.820. The third-order valence-corrected chi connectivity index (χ3v) is 4.63. The Morgan fingerprint density at radius 1 is 1.17 bits per heavy atom. The maximum absolute atomic E-state index is 3.72. The van der Waals surface area contributed by atoms with Gasteiger partial charge >= 0.3 is 0 Å². The number of nitrogens with one attached hydrogen (secondary N) is 1. The van der Waals surface area contributed by atoms with Gasteiger partial charge in [0.1, 0.15) is 0 Å². The van der Waals surface area contributed by atoms with E-state index in [1.807, 2.05) is 0 Å². The summed E-state index contributed by atoms with van der Waals surface area (Å²) in [5, 5.41) is 3.72. The Kier molecular flexibility index (Phi) is 4.45. The average molecular weight is 245 g/mol. The molecule has 100 valence electrons. The number of benzene rings is 1. The Balaban J connectivity index is 1.76. The highest BCUT2D eigenvalue weighted by Gasteiger charge is 2.30. The summed E-state index contributed by atoms with van der Waals surface area (Å²) in [5.74, 6) is 2.35. The molecule has 0 aliphatic heterocycles. The smallest absolute Gasteiger partial charge is 0.00788 e. The van der Waals surface area contributed by atoms with E-state index in [2.05, 4.69) is 57.3 Å². The van der Waals surface area contributed by atoms with Crippen molar-refractivity contribution in [3.05, 3.63) is 35.4 Å². The van der Waals surface area contributed by atoms with Crippen molar-refractivity contribution in [1.82, 2.24) is 5.32 Å². The quantitative estimate of drug-likeness (QED) is 0.822. The van der Waals surface area contributed by atoms with Crippen LogP contribution in [0.15, 0.2) is 24.3 Å². The second kappa shape index (κ2) is 5.88. The third-order valence-electron chi connectivity index (χ3n) is 4.63. The molecule has 1 N–H and O–H groups in total. The number of hydrogen-bond donors (Lipinski definition) is 1. The molecular weight excluding hydrogens is 218 g/mol. The lowest BCUT2D eigenvalue weighted by atomic mass is 9.74. The first-order valence-electron chi connectivity index (χ1n) is 7.36. The molecule has 0 bridgehead atoms. The third kappa shape index (κ3) is 3.14. The summed E-state index contributed by atoms with van der Waals surface area (Å²) >= 11 is 0. The van der Waals surface area contributed by atoms with Crippen molar-refractivity contribution in [3.63, 3.8) is 0 Å². The van der Waals surface area contributed by atoms with E-state index >= 15 is 0 Å². The zero-order valence-corrected chi connectivity index (χ0v) is 12.2. The van der Waals surface area contributed by atoms with Crippen LogP contribution in [0.5, 0.6) is 0 Å². The maximum atomic E-state index is 3.72. The zero-order valence-electron chi connectivity index (χ0n) is 12.2. The first kappa shape index (κ1) is 13.6. The van der Waals surface area contributed by atoms with Crippen LogP contribution in [-0.4, -0.2) is 12.6 Å². The Morgan fingerprint density at radius 3 is 2.44 bits per heavy atom. The van der Waals surface area contributed by atoms with Crippen LogP contribution in [0.1, 0.15) is 50.7 Å². The van der Waals surface area contributed by atoms with Gasteiger partial charge < -0.3 is 5.32 Å². The van der Waals surface area contributed by atoms with Crippen LogP contribution in [0, 0.1) is 18.8 Å². The molecule has 1 fully saturated rings. The van der Waals surface area contributed by atoms with E-state index in [0.717, 1.165) is 23.8 Å². The Morgan fingerprint density at radius 2 is 1.83 bits per heavy atom. The van der Waals surface area contributed by atoms with Gasteiger partial charge in [-0.15, -0.1) is 0 Å². The molecule has 1 aliphatic rings. The highest BCUT2D eigenvalue weighted by atomic mass is 14.9. The molecule has 0 heterocycles. The monoisotopic (exact) mass is 245 g/mol. The van der Waals surface area contributed by atoms with Crippen LogP contribution in [0.3, 0.4) is 0 Å². The van der Waals surface area contributed by atoms with Crippen molar-refractivity contribution in [2.45, 2.75) is 52.5 Å². The SMILES string of the molecule is Cc1ccccc1C1CC(NCC(C)C(C)C)C1. The predicted octanol–water partition coefficient (Wildman–Crippen LogP) is 4.12. The molecule has 1 nitrogen and oxygen atoms in total. The van der Waals surface area contributed by atoms with Crippen molar-refractivity contribution in [2.75, 3.05) is 6.54 Å². The molecule has 1 heteroatoms. The van der Waals surface area contributed by atoms with E-state index in [1.165, 1.54) is 24.9 Å². The van der Waals surface area contributed by atoms with Gasteiger partial charge in [0.05, 0.1) is 0 Å². The van der Waals surface area contributed by atoms with Gasteiger partial charge in [0.2, 0.25) is 0 Å². The first-order valence-corrected chi connectivity index (χ1v) is 7.36. The molecule has 1 unspecified atom stereocenters. The Labute approximate surface area is 112 Å². The fourth-order valence-corrected chi connectivity index (χ4v) is 2.67. The standard InChI is InChI=1S/C17H27N/c1-12(2)14(4)11-18-16-9-15(10-16)17-8-6-5-7-13(17)3/h5-8,12,14-16,18H,9-11H2,1-4H3. The summed E-state index contributed by atoms with van der Waals surface area (Å²) in [4.78, 5) is 0. The number of aryl methyl sites for hydroxylation is 1. The second-order valence-electron chi connectivity index (χ2n) is 6.35. The van der Waals surface area contributed by atoms with E-state index in [1.54, 1.807) is 5.56 Å². The van der Waals surface area contributed by atoms with Gasteiger partial charge in [-0.2, -0.15) is 0 Å². The normalized spacial score (nSPS) is 24.9. The lowest BCUT2D eigenvalue weighted by Gasteiger charge is -2.38. The zero-order chi connectivity index (χ0) is 13.1. The topological polar surface area (TPSA) is 12.0 Å². The van der Waals surface area contributed by atoms with Gasteiger partial charge in [-0.3, -0.25) is 0 Å². The minimum Gasteiger partial charge on any atom is -0.314 e. The molecule has 0 saturated heterocycles. The second-order valence-corrected chi connectivity index (χ2v) is 6.35. The number of rotatable bonds is 5. The minimum atomic E-state index is 0.746. The molecule has 1 aliphatic carbocycles. The molecule has 1 aromatic carbocycles. The van der Waals surface area contributed by atoms with E-state index in [4.69, 9.17) is 0 Å². The van der Waals surface area contributed by atoms with Gasteiger partial charge in [0.15, 0.2) is 0 Å². The van der Waals surface area contributed by atoms with Crippen LogP contribution in [0.4, 0.5) is 0 Å². The molecule has 2 rings (SSSR count). The first-order chi connectivity index (χ1) is 8.58. The minimum absolute atomic E-state index is 0.746. The molecular formula is C17H27N. The largest absolute Gasteiger partial charge is 0.314 e. The van der Waals surface area contributed by atoms with Crippen molar-refractivity contribution in [2.24, 2.45) is 11.8 Å². The molecule has 18 heavy (non-hydrogen) atoms. The van der Waals surface area contributed by atoms with E-state index in [-0.39, 0.29) is 0 Å². The molecule has 0 aromatic heterocycles. The summed E-state index contributed by atoms with van der Waals surface area (Å²) in [5.41, 5.74) is 3.02. The van der Waals surface area contributed by atoms with Crippen LogP contribution in [-0.2, 0) is 0 Å². The summed E-state index contributed by atoms with van der Waals surface area (Å²) in [7, 11) is 0. The van der Waals surface area contributed by atoms with E-state index in [9.17, 15) is 0 Å².